The summed E-state index contributed by atoms with van der Waals surface area (Å²) >= 11 is 1.06. The number of carbonyl (C=O) groups is 3. The Morgan fingerprint density at radius 2 is 1.88 bits per heavy atom. The molecule has 0 aliphatic rings. The molecule has 0 aromatic carbocycles. The molecule has 0 amide bonds. The second-order valence-corrected chi connectivity index (χ2v) is 5.59. The van der Waals surface area contributed by atoms with Gasteiger partial charge in [-0.05, 0) is 33.3 Å². The smallest absolute Gasteiger partial charge is 0.350 e. The predicted molar refractivity (Wildman–Crippen MR) is 89.0 cm³/mol. The van der Waals surface area contributed by atoms with E-state index in [2.05, 4.69) is 5.32 Å². The lowest BCUT2D eigenvalue weighted by molar-refractivity contribution is -0.138. The zero-order valence-electron chi connectivity index (χ0n) is 13.9. The molecular formula is C16H18N2O5S. The van der Waals surface area contributed by atoms with Crippen LogP contribution in [0.1, 0.15) is 46.4 Å². The van der Waals surface area contributed by atoms with Gasteiger partial charge < -0.3 is 14.8 Å². The maximum Gasteiger partial charge on any atom is 0.350 e. The minimum atomic E-state index is -0.773. The first kappa shape index (κ1) is 19.4. The third-order valence-electron chi connectivity index (χ3n) is 2.91. The molecule has 1 N–H and O–H groups in total. The highest BCUT2D eigenvalue weighted by atomic mass is 32.1. The Hall–Kier alpha value is -2.66. The van der Waals surface area contributed by atoms with Crippen LogP contribution < -0.4 is 5.32 Å². The van der Waals surface area contributed by atoms with Crippen molar-refractivity contribution in [1.29, 1.82) is 5.26 Å². The molecule has 0 atom stereocenters. The van der Waals surface area contributed by atoms with Gasteiger partial charge in [-0.1, -0.05) is 0 Å². The first-order valence-electron chi connectivity index (χ1n) is 7.22. The summed E-state index contributed by atoms with van der Waals surface area (Å²) < 4.78 is 9.76. The van der Waals surface area contributed by atoms with E-state index in [1.165, 1.54) is 6.92 Å². The molecule has 128 valence electrons. The number of ether oxygens (including phenoxy) is 2. The van der Waals surface area contributed by atoms with Crippen LogP contribution in [-0.4, -0.2) is 30.9 Å². The van der Waals surface area contributed by atoms with E-state index < -0.39 is 11.9 Å². The number of nitrogens with one attached hydrogen (secondary N) is 1. The van der Waals surface area contributed by atoms with Crippen LogP contribution in [0.3, 0.4) is 0 Å². The molecule has 1 rings (SSSR count). The van der Waals surface area contributed by atoms with E-state index in [4.69, 9.17) is 14.7 Å². The molecule has 0 unspecified atom stereocenters. The number of nitriles is 1. The van der Waals surface area contributed by atoms with Gasteiger partial charge >= 0.3 is 11.9 Å². The van der Waals surface area contributed by atoms with E-state index in [1.807, 2.05) is 0 Å². The number of anilines is 1. The monoisotopic (exact) mass is 350 g/mol. The van der Waals surface area contributed by atoms with E-state index in [0.29, 0.717) is 15.4 Å². The molecule has 0 saturated carbocycles. The Morgan fingerprint density at radius 3 is 2.38 bits per heavy atom. The summed E-state index contributed by atoms with van der Waals surface area (Å²) in [7, 11) is 0. The van der Waals surface area contributed by atoms with Crippen molar-refractivity contribution in [3.05, 3.63) is 27.8 Å². The number of nitrogens with zero attached hydrogens (tertiary/aromatic N) is 1. The van der Waals surface area contributed by atoms with Crippen molar-refractivity contribution in [3.8, 4) is 6.07 Å². The molecule has 1 heterocycles. The van der Waals surface area contributed by atoms with Crippen LogP contribution in [0.5, 0.6) is 0 Å². The SMILES string of the molecule is CCOC(=O)/C(C#N)=C/Nc1sc(C(C)=O)c(C)c1C(=O)OCC. The molecule has 8 heteroatoms. The zero-order valence-corrected chi connectivity index (χ0v) is 14.7. The second kappa shape index (κ2) is 8.84. The third-order valence-corrected chi connectivity index (χ3v) is 4.23. The number of thiophene rings is 1. The van der Waals surface area contributed by atoms with Gasteiger partial charge in [0.05, 0.1) is 23.7 Å². The van der Waals surface area contributed by atoms with Crippen LogP contribution >= 0.6 is 11.3 Å². The maximum atomic E-state index is 12.1. The lowest BCUT2D eigenvalue weighted by Crippen LogP contribution is -2.10. The van der Waals surface area contributed by atoms with E-state index >= 15 is 0 Å². The lowest BCUT2D eigenvalue weighted by atomic mass is 10.1. The Labute approximate surface area is 143 Å². The second-order valence-electron chi connectivity index (χ2n) is 4.57. The highest BCUT2D eigenvalue weighted by Gasteiger charge is 2.24. The molecule has 7 nitrogen and oxygen atoms in total. The van der Waals surface area contributed by atoms with Gasteiger partial charge in [-0.2, -0.15) is 5.26 Å². The van der Waals surface area contributed by atoms with Crippen molar-refractivity contribution >= 4 is 34.1 Å². The van der Waals surface area contributed by atoms with Crippen LogP contribution in [0.2, 0.25) is 0 Å². The minimum Gasteiger partial charge on any atom is -0.462 e. The Morgan fingerprint density at radius 1 is 1.25 bits per heavy atom. The summed E-state index contributed by atoms with van der Waals surface area (Å²) in [5, 5.41) is 12.1. The largest absolute Gasteiger partial charge is 0.462 e. The van der Waals surface area contributed by atoms with Crippen molar-refractivity contribution in [2.75, 3.05) is 18.5 Å². The van der Waals surface area contributed by atoms with Gasteiger partial charge in [0.25, 0.3) is 0 Å². The van der Waals surface area contributed by atoms with Gasteiger partial charge in [-0.15, -0.1) is 11.3 Å². The van der Waals surface area contributed by atoms with Gasteiger partial charge in [0.1, 0.15) is 11.1 Å². The summed E-state index contributed by atoms with van der Waals surface area (Å²) in [6.07, 6.45) is 1.15. The number of carbonyl (C=O) groups excluding carboxylic acids is 3. The van der Waals surface area contributed by atoms with Gasteiger partial charge in [-0.25, -0.2) is 9.59 Å². The van der Waals surface area contributed by atoms with Crippen LogP contribution in [-0.2, 0) is 14.3 Å². The van der Waals surface area contributed by atoms with E-state index in [-0.39, 0.29) is 30.1 Å². The highest BCUT2D eigenvalue weighted by Crippen LogP contribution is 2.34. The number of hydrogen-bond donors (Lipinski definition) is 1. The molecule has 0 radical (unpaired) electrons. The van der Waals surface area contributed by atoms with Crippen LogP contribution in [0.25, 0.3) is 0 Å². The number of ketones is 1. The molecule has 0 spiro atoms. The van der Waals surface area contributed by atoms with Gasteiger partial charge in [-0.3, -0.25) is 4.79 Å². The molecule has 0 bridgehead atoms. The van der Waals surface area contributed by atoms with E-state index in [1.54, 1.807) is 26.8 Å². The first-order valence-corrected chi connectivity index (χ1v) is 8.04. The van der Waals surface area contributed by atoms with Crippen molar-refractivity contribution in [3.63, 3.8) is 0 Å². The summed E-state index contributed by atoms with van der Waals surface area (Å²) in [6.45, 7) is 6.66. The number of hydrogen-bond acceptors (Lipinski definition) is 8. The summed E-state index contributed by atoms with van der Waals surface area (Å²) in [5.41, 5.74) is 0.461. The molecule has 0 saturated heterocycles. The molecular weight excluding hydrogens is 332 g/mol. The molecule has 24 heavy (non-hydrogen) atoms. The number of rotatable bonds is 7. The third kappa shape index (κ3) is 4.43. The van der Waals surface area contributed by atoms with Crippen LogP contribution in [0, 0.1) is 18.3 Å². The van der Waals surface area contributed by atoms with E-state index in [0.717, 1.165) is 17.5 Å². The van der Waals surface area contributed by atoms with Crippen LogP contribution in [0.15, 0.2) is 11.8 Å². The molecule has 1 aromatic heterocycles. The normalized spacial score (nSPS) is 10.7. The average Bonchev–Trinajstić information content (AvgIpc) is 2.85. The van der Waals surface area contributed by atoms with Crippen molar-refractivity contribution in [2.45, 2.75) is 27.7 Å². The van der Waals surface area contributed by atoms with Crippen molar-refractivity contribution in [1.82, 2.24) is 0 Å². The molecule has 0 aliphatic carbocycles. The quantitative estimate of drug-likeness (QED) is 0.349. The minimum absolute atomic E-state index is 0.137. The molecule has 0 aliphatic heterocycles. The standard InChI is InChI=1S/C16H18N2O5S/c1-5-22-15(20)11(7-17)8-18-14-12(16(21)23-6-2)9(3)13(24-14)10(4)19/h8,18H,5-6H2,1-4H3/b11-8+. The topological polar surface area (TPSA) is 105 Å². The average molecular weight is 350 g/mol. The Bertz CT molecular complexity index is 728. The highest BCUT2D eigenvalue weighted by molar-refractivity contribution is 7.18. The Kier molecular flexibility index (Phi) is 7.14. The van der Waals surface area contributed by atoms with Gasteiger partial charge in [0.15, 0.2) is 11.4 Å². The maximum absolute atomic E-state index is 12.1. The lowest BCUT2D eigenvalue weighted by Gasteiger charge is -2.05. The predicted octanol–water partition coefficient (Wildman–Crippen LogP) is 2.82. The van der Waals surface area contributed by atoms with Crippen LogP contribution in [0.4, 0.5) is 5.00 Å². The molecule has 1 aromatic rings. The van der Waals surface area contributed by atoms with Gasteiger partial charge in [0, 0.05) is 6.20 Å². The van der Waals surface area contributed by atoms with E-state index in [9.17, 15) is 14.4 Å². The van der Waals surface area contributed by atoms with Crippen molar-refractivity contribution < 1.29 is 23.9 Å². The number of esters is 2. The summed E-state index contributed by atoms with van der Waals surface area (Å²) in [5.74, 6) is -1.54. The van der Waals surface area contributed by atoms with Gasteiger partial charge in [0.2, 0.25) is 0 Å². The molecule has 0 fully saturated rings. The summed E-state index contributed by atoms with van der Waals surface area (Å²) in [4.78, 5) is 35.8. The fraction of sp³-hybridized carbons (Fsp3) is 0.375. The van der Waals surface area contributed by atoms with Crippen molar-refractivity contribution in [2.24, 2.45) is 0 Å². The fourth-order valence-corrected chi connectivity index (χ4v) is 2.94. The fourth-order valence-electron chi connectivity index (χ4n) is 1.88. The first-order chi connectivity index (χ1) is 11.4. The number of Topliss-reactive ketones (excluding diaryl/α,β-unsaturated/α-hetero) is 1. The summed E-state index contributed by atoms with van der Waals surface area (Å²) in [6, 6.07) is 1.72. The zero-order chi connectivity index (χ0) is 18.3. The Balaban J connectivity index is 3.25.